The van der Waals surface area contributed by atoms with Crippen molar-refractivity contribution in [3.05, 3.63) is 0 Å². The van der Waals surface area contributed by atoms with Gasteiger partial charge < -0.3 is 0 Å². The van der Waals surface area contributed by atoms with Gasteiger partial charge in [-0.2, -0.15) is 0 Å². The van der Waals surface area contributed by atoms with E-state index in [1.54, 1.807) is 0 Å². The molecule has 0 heterocycles. The number of hydrogen-bond acceptors (Lipinski definition) is 0. The van der Waals surface area contributed by atoms with Gasteiger partial charge in [0.05, 0.1) is 0 Å². The zero-order valence-electron chi connectivity index (χ0n) is 6.33. The number of rotatable bonds is 0. The third-order valence-corrected chi connectivity index (χ3v) is 2.45. The monoisotopic (exact) mass is 142 g/mol. The Morgan fingerprint density at radius 2 is 2.11 bits per heavy atom. The minimum absolute atomic E-state index is 0.565. The maximum Gasteiger partial charge on any atom is -0.0228 e. The van der Waals surface area contributed by atoms with E-state index in [1.807, 2.05) is 0 Å². The topological polar surface area (TPSA) is 0 Å². The molecule has 0 aliphatic heterocycles. The van der Waals surface area contributed by atoms with Crippen molar-refractivity contribution in [3.8, 4) is 0 Å². The lowest BCUT2D eigenvalue weighted by atomic mass is 9.77. The van der Waals surface area contributed by atoms with E-state index in [0.717, 1.165) is 0 Å². The van der Waals surface area contributed by atoms with Gasteiger partial charge >= 0.3 is 0 Å². The second-order valence-electron chi connectivity index (χ2n) is 3.80. The molecule has 9 heavy (non-hydrogen) atoms. The highest BCUT2D eigenvalue weighted by atomic mass is 31.0. The quantitative estimate of drug-likeness (QED) is 0.456. The van der Waals surface area contributed by atoms with Crippen LogP contribution >= 0.6 is 8.86 Å². The van der Waals surface area contributed by atoms with E-state index in [4.69, 9.17) is 0 Å². The molecule has 52 valence electrons. The predicted octanol–water partition coefficient (Wildman–Crippen LogP) is 2.90. The molecular weight excluding hydrogens is 127 g/mol. The minimum Gasteiger partial charge on any atom is -0.123 e. The van der Waals surface area contributed by atoms with Crippen molar-refractivity contribution in [1.29, 1.82) is 0 Å². The van der Waals surface area contributed by atoms with Gasteiger partial charge in [-0.25, -0.2) is 0 Å². The summed E-state index contributed by atoms with van der Waals surface area (Å²) in [5, 5.41) is 1.51. The first-order chi connectivity index (χ1) is 4.10. The summed E-state index contributed by atoms with van der Waals surface area (Å²) in [5.74, 6) is 0. The van der Waals surface area contributed by atoms with Gasteiger partial charge in [-0.05, 0) is 36.4 Å². The highest BCUT2D eigenvalue weighted by Crippen LogP contribution is 2.33. The van der Waals surface area contributed by atoms with Crippen LogP contribution < -0.4 is 0 Å². The van der Waals surface area contributed by atoms with Crippen LogP contribution in [0.5, 0.6) is 0 Å². The molecule has 1 aliphatic rings. The molecule has 0 aromatic heterocycles. The van der Waals surface area contributed by atoms with Crippen LogP contribution in [0, 0.1) is 5.41 Å². The SMILES string of the molecule is CC1(C)CCCC(=P)C1. The van der Waals surface area contributed by atoms with E-state index in [0.29, 0.717) is 5.41 Å². The summed E-state index contributed by atoms with van der Waals surface area (Å²) in [6.07, 6.45) is 5.32. The summed E-state index contributed by atoms with van der Waals surface area (Å²) in [7, 11) is 3.63. The normalized spacial score (nSPS) is 26.2. The van der Waals surface area contributed by atoms with Crippen molar-refractivity contribution in [2.45, 2.75) is 39.5 Å². The molecule has 0 aromatic rings. The van der Waals surface area contributed by atoms with Crippen LogP contribution in [0.4, 0.5) is 0 Å². The zero-order chi connectivity index (χ0) is 6.91. The van der Waals surface area contributed by atoms with Gasteiger partial charge in [0.15, 0.2) is 0 Å². The van der Waals surface area contributed by atoms with Crippen molar-refractivity contribution in [1.82, 2.24) is 0 Å². The van der Waals surface area contributed by atoms with Crippen LogP contribution in [0.1, 0.15) is 39.5 Å². The molecule has 0 unspecified atom stereocenters. The molecule has 0 spiro atoms. The fraction of sp³-hybridized carbons (Fsp3) is 0.875. The summed E-state index contributed by atoms with van der Waals surface area (Å²) in [4.78, 5) is 0. The average molecular weight is 142 g/mol. The second kappa shape index (κ2) is 2.42. The Bertz CT molecular complexity index is 125. The first kappa shape index (κ1) is 7.28. The van der Waals surface area contributed by atoms with E-state index in [2.05, 4.69) is 22.7 Å². The van der Waals surface area contributed by atoms with Crippen molar-refractivity contribution in [2.24, 2.45) is 5.41 Å². The summed E-state index contributed by atoms with van der Waals surface area (Å²) < 4.78 is 0. The van der Waals surface area contributed by atoms with E-state index >= 15 is 0 Å². The Kier molecular flexibility index (Phi) is 1.96. The zero-order valence-corrected chi connectivity index (χ0v) is 7.33. The lowest BCUT2D eigenvalue weighted by Gasteiger charge is -2.30. The first-order valence-corrected chi connectivity index (χ1v) is 4.16. The third-order valence-electron chi connectivity index (χ3n) is 2.02. The fourth-order valence-corrected chi connectivity index (χ4v) is 2.19. The van der Waals surface area contributed by atoms with Crippen molar-refractivity contribution < 1.29 is 0 Å². The maximum absolute atomic E-state index is 3.63. The molecule has 0 amide bonds. The van der Waals surface area contributed by atoms with Gasteiger partial charge in [0.2, 0.25) is 0 Å². The van der Waals surface area contributed by atoms with E-state index in [1.165, 1.54) is 31.0 Å². The highest BCUT2D eigenvalue weighted by molar-refractivity contribution is 7.21. The molecule has 0 bridgehead atoms. The molecule has 0 atom stereocenters. The lowest BCUT2D eigenvalue weighted by molar-refractivity contribution is 0.323. The molecule has 1 heteroatoms. The molecule has 1 fully saturated rings. The Hall–Kier alpha value is 0.170. The van der Waals surface area contributed by atoms with E-state index in [9.17, 15) is 0 Å². The average Bonchev–Trinajstić information content (AvgIpc) is 1.60. The first-order valence-electron chi connectivity index (χ1n) is 3.66. The Morgan fingerprint density at radius 1 is 1.44 bits per heavy atom. The summed E-state index contributed by atoms with van der Waals surface area (Å²) in [6.45, 7) is 4.68. The molecule has 0 nitrogen and oxygen atoms in total. The van der Waals surface area contributed by atoms with Crippen LogP contribution in [0.15, 0.2) is 0 Å². The van der Waals surface area contributed by atoms with Crippen molar-refractivity contribution in [3.63, 3.8) is 0 Å². The van der Waals surface area contributed by atoms with E-state index < -0.39 is 0 Å². The minimum atomic E-state index is 0.565. The molecule has 1 saturated carbocycles. The van der Waals surface area contributed by atoms with E-state index in [-0.39, 0.29) is 0 Å². The van der Waals surface area contributed by atoms with Gasteiger partial charge in [0, 0.05) is 0 Å². The van der Waals surface area contributed by atoms with Gasteiger partial charge in [0.1, 0.15) is 0 Å². The van der Waals surface area contributed by atoms with Gasteiger partial charge in [0.25, 0.3) is 0 Å². The fourth-order valence-electron chi connectivity index (χ4n) is 1.53. The van der Waals surface area contributed by atoms with Crippen molar-refractivity contribution >= 4 is 14.2 Å². The van der Waals surface area contributed by atoms with Crippen LogP contribution in [0.2, 0.25) is 0 Å². The van der Waals surface area contributed by atoms with Crippen LogP contribution in [0.3, 0.4) is 0 Å². The summed E-state index contributed by atoms with van der Waals surface area (Å²) >= 11 is 0. The molecule has 1 aliphatic carbocycles. The second-order valence-corrected chi connectivity index (χ2v) is 4.51. The highest BCUT2D eigenvalue weighted by Gasteiger charge is 2.22. The van der Waals surface area contributed by atoms with Gasteiger partial charge in [-0.15, -0.1) is 8.86 Å². The lowest BCUT2D eigenvalue weighted by Crippen LogP contribution is -2.20. The smallest absolute Gasteiger partial charge is 0.0228 e. The Labute approximate surface area is 59.9 Å². The standard InChI is InChI=1S/C8H15P/c1-8(2)5-3-4-7(9)6-8/h9H,3-6H2,1-2H3. The van der Waals surface area contributed by atoms with Crippen molar-refractivity contribution in [2.75, 3.05) is 0 Å². The van der Waals surface area contributed by atoms with Crippen LogP contribution in [-0.2, 0) is 0 Å². The maximum atomic E-state index is 3.63. The third kappa shape index (κ3) is 2.10. The summed E-state index contributed by atoms with van der Waals surface area (Å²) in [6, 6.07) is 0. The van der Waals surface area contributed by atoms with Gasteiger partial charge in [-0.3, -0.25) is 0 Å². The van der Waals surface area contributed by atoms with Crippen LogP contribution in [0.25, 0.3) is 0 Å². The Balaban J connectivity index is 2.51. The molecule has 1 rings (SSSR count). The molecule has 0 saturated heterocycles. The molecular formula is C8H15P. The van der Waals surface area contributed by atoms with Gasteiger partial charge in [-0.1, -0.05) is 13.8 Å². The Morgan fingerprint density at radius 3 is 2.44 bits per heavy atom. The van der Waals surface area contributed by atoms with Crippen LogP contribution in [-0.4, -0.2) is 5.29 Å². The summed E-state index contributed by atoms with van der Waals surface area (Å²) in [5.41, 5.74) is 0.565. The molecule has 0 radical (unpaired) electrons. The predicted molar refractivity (Wildman–Crippen MR) is 45.6 cm³/mol. The number of hydrogen-bond donors (Lipinski definition) is 0. The molecule has 0 N–H and O–H groups in total. The molecule has 0 aromatic carbocycles. The largest absolute Gasteiger partial charge is 0.123 e.